The first-order valence-corrected chi connectivity index (χ1v) is 10.6. The van der Waals surface area contributed by atoms with Gasteiger partial charge >= 0.3 is 0 Å². The van der Waals surface area contributed by atoms with Crippen molar-refractivity contribution in [2.24, 2.45) is 10.9 Å². The van der Waals surface area contributed by atoms with E-state index in [1.54, 1.807) is 7.11 Å². The number of ether oxygens (including phenoxy) is 3. The van der Waals surface area contributed by atoms with Gasteiger partial charge in [-0.15, -0.1) is 24.0 Å². The highest BCUT2D eigenvalue weighted by molar-refractivity contribution is 14.0. The number of hydrogen-bond acceptors (Lipinski definition) is 4. The van der Waals surface area contributed by atoms with Crippen LogP contribution in [0.25, 0.3) is 0 Å². The van der Waals surface area contributed by atoms with Gasteiger partial charge in [0, 0.05) is 38.2 Å². The molecule has 1 aliphatic heterocycles. The van der Waals surface area contributed by atoms with Crippen LogP contribution in [0, 0.1) is 5.92 Å². The highest BCUT2D eigenvalue weighted by Crippen LogP contribution is 2.18. The first-order valence-electron chi connectivity index (χ1n) is 10.6. The van der Waals surface area contributed by atoms with Gasteiger partial charge in [-0.05, 0) is 18.1 Å². The first kappa shape index (κ1) is 25.4. The number of nitrogens with zero attached hydrogens (tertiary/aromatic N) is 2. The molecule has 0 aliphatic carbocycles. The van der Waals surface area contributed by atoms with Crippen LogP contribution in [0.2, 0.25) is 0 Å². The van der Waals surface area contributed by atoms with E-state index in [4.69, 9.17) is 14.2 Å². The third-order valence-electron chi connectivity index (χ3n) is 5.24. The van der Waals surface area contributed by atoms with Crippen LogP contribution in [0.4, 0.5) is 0 Å². The third kappa shape index (κ3) is 8.31. The number of para-hydroxylation sites is 1. The van der Waals surface area contributed by atoms with Crippen molar-refractivity contribution >= 4 is 29.9 Å². The van der Waals surface area contributed by atoms with Crippen molar-refractivity contribution in [2.75, 3.05) is 47.0 Å². The third-order valence-corrected chi connectivity index (χ3v) is 5.24. The molecule has 0 spiro atoms. The van der Waals surface area contributed by atoms with Gasteiger partial charge in [-0.25, -0.2) is 0 Å². The summed E-state index contributed by atoms with van der Waals surface area (Å²) in [5.41, 5.74) is 2.28. The molecule has 0 bridgehead atoms. The van der Waals surface area contributed by atoms with Crippen molar-refractivity contribution in [3.63, 3.8) is 0 Å². The van der Waals surface area contributed by atoms with Crippen molar-refractivity contribution in [3.8, 4) is 5.75 Å². The average molecular weight is 539 g/mol. The van der Waals surface area contributed by atoms with Crippen molar-refractivity contribution in [1.82, 2.24) is 10.2 Å². The fourth-order valence-corrected chi connectivity index (χ4v) is 3.65. The molecule has 6 nitrogen and oxygen atoms in total. The summed E-state index contributed by atoms with van der Waals surface area (Å²) in [6.07, 6.45) is 1.12. The van der Waals surface area contributed by atoms with Gasteiger partial charge in [0.25, 0.3) is 0 Å². The highest BCUT2D eigenvalue weighted by atomic mass is 127. The molecule has 1 heterocycles. The Bertz CT molecular complexity index is 789. The van der Waals surface area contributed by atoms with Gasteiger partial charge in [-0.2, -0.15) is 0 Å². The van der Waals surface area contributed by atoms with Crippen LogP contribution in [0.5, 0.6) is 5.75 Å². The number of aliphatic imine (C=N–C) groups is 1. The Hall–Kier alpha value is -1.84. The molecular formula is C24H34IN3O3. The van der Waals surface area contributed by atoms with Crippen LogP contribution >= 0.6 is 24.0 Å². The van der Waals surface area contributed by atoms with Gasteiger partial charge in [0.1, 0.15) is 5.75 Å². The molecule has 1 unspecified atom stereocenters. The van der Waals surface area contributed by atoms with Crippen LogP contribution in [0.1, 0.15) is 17.5 Å². The summed E-state index contributed by atoms with van der Waals surface area (Å²) in [6, 6.07) is 18.3. The monoisotopic (exact) mass is 539 g/mol. The molecule has 1 atom stereocenters. The predicted octanol–water partition coefficient (Wildman–Crippen LogP) is 3.94. The number of hydrogen-bond donors (Lipinski definition) is 1. The Morgan fingerprint density at radius 1 is 1.06 bits per heavy atom. The molecule has 0 aromatic heterocycles. The van der Waals surface area contributed by atoms with E-state index in [9.17, 15) is 0 Å². The Morgan fingerprint density at radius 3 is 2.61 bits per heavy atom. The van der Waals surface area contributed by atoms with Crippen LogP contribution in [-0.2, 0) is 22.7 Å². The number of methoxy groups -OCH3 is 1. The maximum absolute atomic E-state index is 5.92. The van der Waals surface area contributed by atoms with E-state index in [0.29, 0.717) is 32.3 Å². The quantitative estimate of drug-likeness (QED) is 0.215. The van der Waals surface area contributed by atoms with Crippen molar-refractivity contribution < 1.29 is 14.2 Å². The largest absolute Gasteiger partial charge is 0.496 e. The number of likely N-dealkylation sites (tertiary alicyclic amines) is 1. The summed E-state index contributed by atoms with van der Waals surface area (Å²) in [5, 5.41) is 3.41. The summed E-state index contributed by atoms with van der Waals surface area (Å²) in [5.74, 6) is 2.33. The zero-order chi connectivity index (χ0) is 21.0. The molecule has 170 valence electrons. The lowest BCUT2D eigenvalue weighted by atomic mass is 10.1. The standard InChI is InChI=1S/C24H33N3O3.HI/c1-25-24(26-13-15-29-19-22-10-6-7-11-23(22)28-2)27-14-12-21(16-27)18-30-17-20-8-4-3-5-9-20;/h3-11,21H,12-19H2,1-2H3,(H,25,26);1H. The number of nitrogens with one attached hydrogen (secondary N) is 1. The Morgan fingerprint density at radius 2 is 1.84 bits per heavy atom. The molecular weight excluding hydrogens is 505 g/mol. The lowest BCUT2D eigenvalue weighted by Crippen LogP contribution is -2.41. The minimum Gasteiger partial charge on any atom is -0.496 e. The van der Waals surface area contributed by atoms with Gasteiger partial charge in [-0.3, -0.25) is 4.99 Å². The molecule has 1 aliphatic rings. The maximum Gasteiger partial charge on any atom is 0.193 e. The van der Waals surface area contributed by atoms with Gasteiger partial charge in [0.15, 0.2) is 5.96 Å². The Kier molecular flexibility index (Phi) is 11.7. The molecule has 1 saturated heterocycles. The van der Waals surface area contributed by atoms with E-state index >= 15 is 0 Å². The second-order valence-electron chi connectivity index (χ2n) is 7.44. The van der Waals surface area contributed by atoms with Crippen LogP contribution < -0.4 is 10.1 Å². The van der Waals surface area contributed by atoms with Crippen molar-refractivity contribution in [3.05, 3.63) is 65.7 Å². The lowest BCUT2D eigenvalue weighted by Gasteiger charge is -2.21. The van der Waals surface area contributed by atoms with E-state index < -0.39 is 0 Å². The van der Waals surface area contributed by atoms with Gasteiger partial charge in [0.2, 0.25) is 0 Å². The predicted molar refractivity (Wildman–Crippen MR) is 135 cm³/mol. The van der Waals surface area contributed by atoms with Gasteiger partial charge in [0.05, 0.1) is 33.5 Å². The SMILES string of the molecule is CN=C(NCCOCc1ccccc1OC)N1CCC(COCc2ccccc2)C1.I. The topological polar surface area (TPSA) is 55.3 Å². The molecule has 7 heteroatoms. The molecule has 2 aromatic carbocycles. The van der Waals surface area contributed by atoms with E-state index in [-0.39, 0.29) is 24.0 Å². The lowest BCUT2D eigenvalue weighted by molar-refractivity contribution is 0.0906. The zero-order valence-corrected chi connectivity index (χ0v) is 20.8. The average Bonchev–Trinajstić information content (AvgIpc) is 3.26. The molecule has 0 amide bonds. The van der Waals surface area contributed by atoms with E-state index in [1.165, 1.54) is 5.56 Å². The molecule has 1 fully saturated rings. The second-order valence-corrected chi connectivity index (χ2v) is 7.44. The minimum absolute atomic E-state index is 0. The summed E-state index contributed by atoms with van der Waals surface area (Å²) in [4.78, 5) is 6.73. The second kappa shape index (κ2) is 14.3. The number of benzene rings is 2. The maximum atomic E-state index is 5.92. The van der Waals surface area contributed by atoms with E-state index in [2.05, 4.69) is 27.3 Å². The summed E-state index contributed by atoms with van der Waals surface area (Å²) < 4.78 is 17.1. The molecule has 1 N–H and O–H groups in total. The normalized spacial score (nSPS) is 16.1. The van der Waals surface area contributed by atoms with Crippen molar-refractivity contribution in [2.45, 2.75) is 19.6 Å². The fraction of sp³-hybridized carbons (Fsp3) is 0.458. The number of guanidine groups is 1. The summed E-state index contributed by atoms with van der Waals surface area (Å²) >= 11 is 0. The Labute approximate surface area is 203 Å². The van der Waals surface area contributed by atoms with Crippen molar-refractivity contribution in [1.29, 1.82) is 0 Å². The minimum atomic E-state index is 0. The van der Waals surface area contributed by atoms with Crippen LogP contribution in [0.3, 0.4) is 0 Å². The molecule has 0 radical (unpaired) electrons. The highest BCUT2D eigenvalue weighted by Gasteiger charge is 2.24. The molecule has 3 rings (SSSR count). The van der Waals surface area contributed by atoms with Gasteiger partial charge in [-0.1, -0.05) is 48.5 Å². The fourth-order valence-electron chi connectivity index (χ4n) is 3.65. The first-order chi connectivity index (χ1) is 14.8. The van der Waals surface area contributed by atoms with E-state index in [0.717, 1.165) is 43.4 Å². The number of rotatable bonds is 10. The molecule has 0 saturated carbocycles. The summed E-state index contributed by atoms with van der Waals surface area (Å²) in [6.45, 7) is 5.28. The van der Waals surface area contributed by atoms with E-state index in [1.807, 2.05) is 49.5 Å². The zero-order valence-electron chi connectivity index (χ0n) is 18.5. The molecule has 2 aromatic rings. The Balaban J connectivity index is 0.00000341. The number of halogens is 1. The van der Waals surface area contributed by atoms with Crippen LogP contribution in [-0.4, -0.2) is 57.9 Å². The van der Waals surface area contributed by atoms with Gasteiger partial charge < -0.3 is 24.4 Å². The van der Waals surface area contributed by atoms with Crippen LogP contribution in [0.15, 0.2) is 59.6 Å². The molecule has 31 heavy (non-hydrogen) atoms. The smallest absolute Gasteiger partial charge is 0.193 e. The summed E-state index contributed by atoms with van der Waals surface area (Å²) in [7, 11) is 3.51.